The van der Waals surface area contributed by atoms with Crippen LogP contribution in [0.25, 0.3) is 0 Å². The minimum atomic E-state index is 0.293. The molecule has 0 spiro atoms. The summed E-state index contributed by atoms with van der Waals surface area (Å²) in [5.74, 6) is 1.52. The predicted octanol–water partition coefficient (Wildman–Crippen LogP) is 7.13. The van der Waals surface area contributed by atoms with Crippen molar-refractivity contribution in [2.45, 2.75) is 47.0 Å². The SMILES string of the molecule is CCOc1c(I)cc(I)cc1C=Nc1sc2c(c1C#N)CC[C@H](C(C)(C)C)C2. The largest absolute Gasteiger partial charge is 0.492 e. The Balaban J connectivity index is 1.97. The lowest BCUT2D eigenvalue weighted by atomic mass is 9.72. The van der Waals surface area contributed by atoms with Crippen LogP contribution >= 0.6 is 56.5 Å². The Morgan fingerprint density at radius 3 is 2.75 bits per heavy atom. The van der Waals surface area contributed by atoms with Gasteiger partial charge < -0.3 is 4.74 Å². The number of fused-ring (bicyclic) bond motifs is 1. The van der Waals surface area contributed by atoms with Crippen LogP contribution in [-0.4, -0.2) is 12.8 Å². The minimum absolute atomic E-state index is 0.293. The van der Waals surface area contributed by atoms with Crippen molar-refractivity contribution in [3.05, 3.63) is 40.8 Å². The fourth-order valence-electron chi connectivity index (χ4n) is 3.62. The van der Waals surface area contributed by atoms with Gasteiger partial charge in [-0.3, -0.25) is 0 Å². The molecule has 0 unspecified atom stereocenters. The highest BCUT2D eigenvalue weighted by molar-refractivity contribution is 14.1. The van der Waals surface area contributed by atoms with E-state index in [9.17, 15) is 5.26 Å². The first-order chi connectivity index (χ1) is 13.2. The Labute approximate surface area is 198 Å². The molecule has 0 N–H and O–H groups in total. The second kappa shape index (κ2) is 9.00. The van der Waals surface area contributed by atoms with Gasteiger partial charge in [-0.15, -0.1) is 11.3 Å². The molecule has 1 atom stereocenters. The number of hydrogen-bond acceptors (Lipinski definition) is 4. The van der Waals surface area contributed by atoms with Crippen molar-refractivity contribution >= 4 is 67.7 Å². The van der Waals surface area contributed by atoms with Crippen LogP contribution in [0.1, 0.15) is 55.7 Å². The van der Waals surface area contributed by atoms with Gasteiger partial charge in [0.15, 0.2) is 0 Å². The van der Waals surface area contributed by atoms with Crippen molar-refractivity contribution in [1.82, 2.24) is 0 Å². The highest BCUT2D eigenvalue weighted by Crippen LogP contribution is 2.45. The maximum atomic E-state index is 9.77. The van der Waals surface area contributed by atoms with E-state index in [4.69, 9.17) is 9.73 Å². The molecule has 1 aromatic carbocycles. The second-order valence-corrected chi connectivity index (χ2v) is 11.6. The Hall–Kier alpha value is -0.660. The van der Waals surface area contributed by atoms with E-state index in [-0.39, 0.29) is 0 Å². The zero-order valence-electron chi connectivity index (χ0n) is 16.6. The van der Waals surface area contributed by atoms with Crippen LogP contribution in [-0.2, 0) is 12.8 Å². The fraction of sp³-hybridized carbons (Fsp3) is 0.455. The van der Waals surface area contributed by atoms with Gasteiger partial charge in [0.2, 0.25) is 0 Å². The molecular formula is C22H24I2N2OS. The zero-order chi connectivity index (χ0) is 20.5. The monoisotopic (exact) mass is 618 g/mol. The molecule has 0 amide bonds. The molecule has 6 heteroatoms. The lowest BCUT2D eigenvalue weighted by Crippen LogP contribution is -2.26. The van der Waals surface area contributed by atoms with Crippen LogP contribution in [0.3, 0.4) is 0 Å². The van der Waals surface area contributed by atoms with E-state index in [1.54, 1.807) is 11.3 Å². The number of aliphatic imine (C=N–C) groups is 1. The van der Waals surface area contributed by atoms with Gasteiger partial charge in [0, 0.05) is 20.2 Å². The van der Waals surface area contributed by atoms with E-state index in [1.165, 1.54) is 10.4 Å². The van der Waals surface area contributed by atoms with Crippen LogP contribution in [0.4, 0.5) is 5.00 Å². The standard InChI is InChI=1S/C22H24I2N2OS/c1-5-27-20-13(8-15(23)10-18(20)24)12-26-21-17(11-25)16-7-6-14(22(2,3)4)9-19(16)28-21/h8,10,12,14H,5-7,9H2,1-4H3/t14-/m0/s1. The van der Waals surface area contributed by atoms with E-state index in [0.717, 1.165) is 48.3 Å². The topological polar surface area (TPSA) is 45.4 Å². The molecule has 1 aliphatic rings. The molecule has 3 rings (SSSR count). The van der Waals surface area contributed by atoms with Crippen molar-refractivity contribution in [2.24, 2.45) is 16.3 Å². The number of halogens is 2. The maximum Gasteiger partial charge on any atom is 0.141 e. The van der Waals surface area contributed by atoms with Gasteiger partial charge in [0.25, 0.3) is 0 Å². The number of benzene rings is 1. The molecule has 0 bridgehead atoms. The maximum absolute atomic E-state index is 9.77. The minimum Gasteiger partial charge on any atom is -0.492 e. The first-order valence-electron chi connectivity index (χ1n) is 9.45. The van der Waals surface area contributed by atoms with Gasteiger partial charge >= 0.3 is 0 Å². The summed E-state index contributed by atoms with van der Waals surface area (Å²) in [7, 11) is 0. The van der Waals surface area contributed by atoms with Gasteiger partial charge in [-0.1, -0.05) is 20.8 Å². The molecule has 0 saturated carbocycles. The molecule has 0 aliphatic heterocycles. The molecule has 1 heterocycles. The smallest absolute Gasteiger partial charge is 0.141 e. The number of rotatable bonds is 4. The first-order valence-corrected chi connectivity index (χ1v) is 12.4. The summed E-state index contributed by atoms with van der Waals surface area (Å²) in [6, 6.07) is 6.59. The van der Waals surface area contributed by atoms with Crippen LogP contribution in [0.5, 0.6) is 5.75 Å². The van der Waals surface area contributed by atoms with E-state index >= 15 is 0 Å². The Morgan fingerprint density at radius 2 is 2.11 bits per heavy atom. The lowest BCUT2D eigenvalue weighted by molar-refractivity contribution is 0.218. The predicted molar refractivity (Wildman–Crippen MR) is 134 cm³/mol. The van der Waals surface area contributed by atoms with Crippen LogP contribution in [0.15, 0.2) is 17.1 Å². The third kappa shape index (κ3) is 4.73. The van der Waals surface area contributed by atoms with Crippen molar-refractivity contribution in [3.63, 3.8) is 0 Å². The summed E-state index contributed by atoms with van der Waals surface area (Å²) in [5.41, 5.74) is 3.24. The van der Waals surface area contributed by atoms with Gasteiger partial charge in [0.05, 0.1) is 15.7 Å². The lowest BCUT2D eigenvalue weighted by Gasteiger charge is -2.33. The van der Waals surface area contributed by atoms with Crippen LogP contribution < -0.4 is 4.74 Å². The average Bonchev–Trinajstić information content (AvgIpc) is 2.98. The molecule has 3 nitrogen and oxygen atoms in total. The summed E-state index contributed by atoms with van der Waals surface area (Å²) in [6.45, 7) is 9.54. The number of thiophene rings is 1. The number of nitrogens with zero attached hydrogens (tertiary/aromatic N) is 2. The van der Waals surface area contributed by atoms with Crippen molar-refractivity contribution in [2.75, 3.05) is 6.61 Å². The van der Waals surface area contributed by atoms with Gasteiger partial charge in [-0.2, -0.15) is 5.26 Å². The zero-order valence-corrected chi connectivity index (χ0v) is 21.7. The summed E-state index contributed by atoms with van der Waals surface area (Å²) >= 11 is 6.30. The van der Waals surface area contributed by atoms with Gasteiger partial charge in [-0.05, 0) is 100 Å². The molecule has 0 saturated heterocycles. The molecule has 148 valence electrons. The normalized spacial score (nSPS) is 16.8. The number of ether oxygens (including phenoxy) is 1. The Bertz CT molecular complexity index is 951. The quantitative estimate of drug-likeness (QED) is 0.271. The molecule has 0 fully saturated rings. The van der Waals surface area contributed by atoms with Gasteiger partial charge in [-0.25, -0.2) is 4.99 Å². The Morgan fingerprint density at radius 1 is 1.36 bits per heavy atom. The third-order valence-corrected chi connectivity index (χ3v) is 7.82. The molecule has 0 radical (unpaired) electrons. The second-order valence-electron chi connectivity index (χ2n) is 8.10. The summed E-state index contributed by atoms with van der Waals surface area (Å²) in [6.07, 6.45) is 5.04. The first kappa shape index (κ1) is 22.0. The summed E-state index contributed by atoms with van der Waals surface area (Å²) in [4.78, 5) is 6.09. The van der Waals surface area contributed by atoms with E-state index < -0.39 is 0 Å². The highest BCUT2D eigenvalue weighted by atomic mass is 127. The molecular weight excluding hydrogens is 594 g/mol. The van der Waals surface area contributed by atoms with Crippen LogP contribution in [0, 0.1) is 29.8 Å². The van der Waals surface area contributed by atoms with Crippen molar-refractivity contribution in [3.8, 4) is 11.8 Å². The highest BCUT2D eigenvalue weighted by Gasteiger charge is 2.32. The number of hydrogen-bond donors (Lipinski definition) is 0. The van der Waals surface area contributed by atoms with Gasteiger partial charge in [0.1, 0.15) is 16.8 Å². The molecule has 1 aliphatic carbocycles. The van der Waals surface area contributed by atoms with E-state index in [2.05, 4.69) is 84.2 Å². The fourth-order valence-corrected chi connectivity index (χ4v) is 6.88. The molecule has 28 heavy (non-hydrogen) atoms. The van der Waals surface area contributed by atoms with Crippen molar-refractivity contribution < 1.29 is 4.74 Å². The van der Waals surface area contributed by atoms with E-state index in [0.29, 0.717) is 17.9 Å². The number of nitriles is 1. The summed E-state index contributed by atoms with van der Waals surface area (Å²) < 4.78 is 8.06. The van der Waals surface area contributed by atoms with Crippen molar-refractivity contribution in [1.29, 1.82) is 5.26 Å². The summed E-state index contributed by atoms with van der Waals surface area (Å²) in [5, 5.41) is 10.6. The van der Waals surface area contributed by atoms with E-state index in [1.807, 2.05) is 13.1 Å². The average molecular weight is 618 g/mol. The van der Waals surface area contributed by atoms with Crippen LogP contribution in [0.2, 0.25) is 0 Å². The third-order valence-electron chi connectivity index (χ3n) is 5.23. The Kier molecular flexibility index (Phi) is 7.09. The molecule has 1 aromatic heterocycles. The molecule has 2 aromatic rings.